The maximum Gasteiger partial charge on any atom is 4.00 e. The molecule has 8 rings (SSSR count). The summed E-state index contributed by atoms with van der Waals surface area (Å²) in [5, 5.41) is 0. The summed E-state index contributed by atoms with van der Waals surface area (Å²) < 4.78 is 0. The van der Waals surface area contributed by atoms with Gasteiger partial charge in [0.1, 0.15) is 0 Å². The zero-order valence-electron chi connectivity index (χ0n) is 18.7. The van der Waals surface area contributed by atoms with Crippen molar-refractivity contribution in [2.75, 3.05) is 0 Å². The van der Waals surface area contributed by atoms with Crippen molar-refractivity contribution in [3.05, 3.63) is 25.7 Å². The van der Waals surface area contributed by atoms with Crippen molar-refractivity contribution in [2.45, 2.75) is 103 Å². The van der Waals surface area contributed by atoms with Crippen LogP contribution in [0, 0.1) is 73.0 Å². The van der Waals surface area contributed by atoms with E-state index in [2.05, 4.69) is 25.7 Å². The van der Waals surface area contributed by atoms with Crippen molar-refractivity contribution < 1.29 is 21.1 Å². The second-order valence-electron chi connectivity index (χ2n) is 11.6. The fourth-order valence-electron chi connectivity index (χ4n) is 7.71. The van der Waals surface area contributed by atoms with E-state index in [1.54, 1.807) is 0 Å². The molecule has 8 bridgehead atoms. The minimum absolute atomic E-state index is 0. The third kappa shape index (κ3) is 6.36. The summed E-state index contributed by atoms with van der Waals surface area (Å²) in [5.74, 6) is 8.65. The quantitative estimate of drug-likeness (QED) is 0.245. The summed E-state index contributed by atoms with van der Waals surface area (Å²) in [4.78, 5) is 0. The van der Waals surface area contributed by atoms with E-state index in [9.17, 15) is 0 Å². The zero-order chi connectivity index (χ0) is 18.8. The van der Waals surface area contributed by atoms with Crippen molar-refractivity contribution in [3.8, 4) is 0 Å². The molecule has 8 fully saturated rings. The van der Waals surface area contributed by atoms with E-state index in [1.807, 2.05) is 0 Å². The van der Waals surface area contributed by atoms with Crippen LogP contribution >= 0.6 is 0 Å². The summed E-state index contributed by atoms with van der Waals surface area (Å²) in [6.07, 6.45) is 34.0. The summed E-state index contributed by atoms with van der Waals surface area (Å²) in [5.41, 5.74) is 0. The predicted octanol–water partition coefficient (Wildman–Crippen LogP) is 8.04. The van der Waals surface area contributed by atoms with Crippen LogP contribution in [-0.2, 0) is 21.1 Å². The van der Waals surface area contributed by atoms with Crippen LogP contribution in [0.25, 0.3) is 0 Å². The summed E-state index contributed by atoms with van der Waals surface area (Å²) in [7, 11) is 0. The normalized spacial score (nSPS) is 46.3. The molecule has 8 atom stereocenters. The predicted molar refractivity (Wildman–Crippen MR) is 119 cm³/mol. The van der Waals surface area contributed by atoms with Crippen molar-refractivity contribution in [3.63, 3.8) is 0 Å². The Balaban J connectivity index is 0.0000000931. The number of fused-ring (bicyclic) bond motifs is 8. The van der Waals surface area contributed by atoms with Gasteiger partial charge in [-0.25, -0.2) is 0 Å². The standard InChI is InChI=1S/4C7H11.Mo/c4*1-2-7-4-3-6(1)5-7;/h4*1,6-7H,2-5H2;/q4*-1;+4. The molecule has 0 spiro atoms. The molecule has 1 heteroatoms. The Morgan fingerprint density at radius 1 is 0.345 bits per heavy atom. The molecule has 0 radical (unpaired) electrons. The molecule has 29 heavy (non-hydrogen) atoms. The zero-order valence-corrected chi connectivity index (χ0v) is 20.7. The molecule has 0 N–H and O–H groups in total. The molecule has 0 heterocycles. The van der Waals surface area contributed by atoms with Gasteiger partial charge in [-0.15, -0.1) is 0 Å². The Bertz CT molecular complexity index is 327. The molecule has 8 unspecified atom stereocenters. The van der Waals surface area contributed by atoms with Crippen LogP contribution < -0.4 is 0 Å². The molecule has 8 aliphatic carbocycles. The molecule has 0 aromatic rings. The van der Waals surface area contributed by atoms with Crippen LogP contribution in [0.15, 0.2) is 0 Å². The summed E-state index contributed by atoms with van der Waals surface area (Å²) in [6, 6.07) is 0. The minimum Gasteiger partial charge on any atom is -0.325 e. The van der Waals surface area contributed by atoms with Crippen LogP contribution in [-0.4, -0.2) is 0 Å². The van der Waals surface area contributed by atoms with Crippen LogP contribution in [0.2, 0.25) is 0 Å². The molecule has 8 saturated carbocycles. The molecule has 0 aromatic carbocycles. The molecular weight excluding hydrogens is 432 g/mol. The van der Waals surface area contributed by atoms with Crippen molar-refractivity contribution in [2.24, 2.45) is 47.3 Å². The smallest absolute Gasteiger partial charge is 0.325 e. The van der Waals surface area contributed by atoms with Crippen LogP contribution in [0.4, 0.5) is 0 Å². The first-order chi connectivity index (χ1) is 13.8. The maximum absolute atomic E-state index is 2.51. The van der Waals surface area contributed by atoms with Crippen LogP contribution in [0.5, 0.6) is 0 Å². The average Bonchev–Trinajstić information content (AvgIpc) is 3.63. The van der Waals surface area contributed by atoms with Gasteiger partial charge in [-0.2, -0.15) is 49.4 Å². The SMILES string of the molecule is [CH-]1CC2CCC1C2.[CH-]1CC2CCC1C2.[CH-]1CC2CCC1C2.[CH-]1CC2CCC1C2.[Mo+4]. The van der Waals surface area contributed by atoms with Crippen molar-refractivity contribution >= 4 is 0 Å². The van der Waals surface area contributed by atoms with E-state index in [1.165, 1.54) is 103 Å². The van der Waals surface area contributed by atoms with Gasteiger partial charge in [-0.05, 0) is 0 Å². The first kappa shape index (κ1) is 22.9. The number of hydrogen-bond donors (Lipinski definition) is 0. The molecule has 0 aromatic heterocycles. The molecule has 0 aliphatic heterocycles. The third-order valence-corrected chi connectivity index (χ3v) is 9.54. The van der Waals surface area contributed by atoms with E-state index in [0.717, 1.165) is 47.3 Å². The van der Waals surface area contributed by atoms with Crippen molar-refractivity contribution in [1.82, 2.24) is 0 Å². The Morgan fingerprint density at radius 3 is 0.621 bits per heavy atom. The van der Waals surface area contributed by atoms with Crippen molar-refractivity contribution in [1.29, 1.82) is 0 Å². The van der Waals surface area contributed by atoms with Crippen LogP contribution in [0.1, 0.15) is 103 Å². The number of hydrogen-bond acceptors (Lipinski definition) is 0. The Morgan fingerprint density at radius 2 is 0.586 bits per heavy atom. The van der Waals surface area contributed by atoms with Gasteiger partial charge in [0.05, 0.1) is 0 Å². The Labute approximate surface area is 196 Å². The molecule has 162 valence electrons. The minimum atomic E-state index is 0. The van der Waals surface area contributed by atoms with Gasteiger partial charge >= 0.3 is 21.1 Å². The summed E-state index contributed by atoms with van der Waals surface area (Å²) >= 11 is 0. The topological polar surface area (TPSA) is 0 Å². The van der Waals surface area contributed by atoms with Gasteiger partial charge in [-0.1, -0.05) is 101 Å². The van der Waals surface area contributed by atoms with Gasteiger partial charge < -0.3 is 25.7 Å². The Kier molecular flexibility index (Phi) is 8.68. The van der Waals surface area contributed by atoms with E-state index < -0.39 is 0 Å². The second kappa shape index (κ2) is 11.0. The molecule has 0 nitrogen and oxygen atoms in total. The van der Waals surface area contributed by atoms with Gasteiger partial charge in [0.15, 0.2) is 0 Å². The molecule has 0 amide bonds. The first-order valence-electron chi connectivity index (χ1n) is 13.1. The fraction of sp³-hybridized carbons (Fsp3) is 0.857. The largest absolute Gasteiger partial charge is 4.00 e. The van der Waals surface area contributed by atoms with E-state index in [4.69, 9.17) is 0 Å². The number of rotatable bonds is 0. The van der Waals surface area contributed by atoms with Gasteiger partial charge in [0.2, 0.25) is 0 Å². The second-order valence-corrected chi connectivity index (χ2v) is 11.6. The first-order valence-corrected chi connectivity index (χ1v) is 13.1. The molecule has 0 saturated heterocycles. The average molecular weight is 477 g/mol. The van der Waals surface area contributed by atoms with Crippen LogP contribution in [0.3, 0.4) is 0 Å². The van der Waals surface area contributed by atoms with Gasteiger partial charge in [0, 0.05) is 0 Å². The van der Waals surface area contributed by atoms with Gasteiger partial charge in [-0.3, -0.25) is 0 Å². The maximum atomic E-state index is 2.51. The van der Waals surface area contributed by atoms with E-state index >= 15 is 0 Å². The third-order valence-electron chi connectivity index (χ3n) is 9.54. The van der Waals surface area contributed by atoms with E-state index in [-0.39, 0.29) is 21.1 Å². The Hall–Kier alpha value is 0.688. The fourth-order valence-corrected chi connectivity index (χ4v) is 7.71. The summed E-state index contributed by atoms with van der Waals surface area (Å²) in [6.45, 7) is 0. The molecular formula is C28H44Mo. The van der Waals surface area contributed by atoms with E-state index in [0.29, 0.717) is 0 Å². The monoisotopic (exact) mass is 478 g/mol. The molecule has 8 aliphatic rings. The van der Waals surface area contributed by atoms with Gasteiger partial charge in [0.25, 0.3) is 0 Å².